The number of H-pyrrole nitrogens is 1. The zero-order valence-electron chi connectivity index (χ0n) is 11.0. The Bertz CT molecular complexity index is 799. The SMILES string of the molecule is CNC(c1ccc2[nH]c(=O)oc2c1)c1cc(C)c(Br)s1. The van der Waals surface area contributed by atoms with Crippen molar-refractivity contribution in [2.45, 2.75) is 13.0 Å². The molecule has 4 nitrogen and oxygen atoms in total. The van der Waals surface area contributed by atoms with Gasteiger partial charge in [-0.25, -0.2) is 4.79 Å². The van der Waals surface area contributed by atoms with Gasteiger partial charge in [0.25, 0.3) is 0 Å². The number of rotatable bonds is 3. The van der Waals surface area contributed by atoms with E-state index in [4.69, 9.17) is 4.42 Å². The summed E-state index contributed by atoms with van der Waals surface area (Å²) in [5.41, 5.74) is 3.59. The fourth-order valence-electron chi connectivity index (χ4n) is 2.24. The van der Waals surface area contributed by atoms with Crippen molar-refractivity contribution in [3.8, 4) is 0 Å². The average molecular weight is 353 g/mol. The predicted octanol–water partition coefficient (Wildman–Crippen LogP) is 3.56. The largest absolute Gasteiger partial charge is 0.417 e. The molecule has 1 unspecified atom stereocenters. The summed E-state index contributed by atoms with van der Waals surface area (Å²) in [5, 5.41) is 3.31. The Hall–Kier alpha value is -1.37. The van der Waals surface area contributed by atoms with Crippen LogP contribution in [0.3, 0.4) is 0 Å². The number of thiophene rings is 1. The second-order valence-corrected chi connectivity index (χ2v) is 7.00. The van der Waals surface area contributed by atoms with Gasteiger partial charge in [-0.15, -0.1) is 11.3 Å². The molecule has 0 saturated heterocycles. The van der Waals surface area contributed by atoms with Crippen LogP contribution in [0.15, 0.2) is 37.3 Å². The van der Waals surface area contributed by atoms with E-state index in [2.05, 4.69) is 39.2 Å². The summed E-state index contributed by atoms with van der Waals surface area (Å²) in [5.74, 6) is -0.423. The van der Waals surface area contributed by atoms with E-state index in [9.17, 15) is 4.79 Å². The second kappa shape index (κ2) is 5.20. The number of halogens is 1. The van der Waals surface area contributed by atoms with Crippen molar-refractivity contribution in [2.24, 2.45) is 0 Å². The first-order chi connectivity index (χ1) is 9.58. The number of oxazole rings is 1. The molecule has 3 rings (SSSR count). The van der Waals surface area contributed by atoms with Crippen LogP contribution >= 0.6 is 27.3 Å². The molecule has 2 aromatic heterocycles. The Balaban J connectivity index is 2.08. The Kier molecular flexibility index (Phi) is 3.54. The topological polar surface area (TPSA) is 58.0 Å². The molecule has 20 heavy (non-hydrogen) atoms. The number of aromatic nitrogens is 1. The van der Waals surface area contributed by atoms with Crippen molar-refractivity contribution >= 4 is 38.4 Å². The smallest absolute Gasteiger partial charge is 0.408 e. The van der Waals surface area contributed by atoms with Crippen molar-refractivity contribution in [3.05, 3.63) is 54.6 Å². The second-order valence-electron chi connectivity index (χ2n) is 4.60. The molecule has 0 bridgehead atoms. The van der Waals surface area contributed by atoms with Gasteiger partial charge in [0.05, 0.1) is 15.3 Å². The van der Waals surface area contributed by atoms with Crippen LogP contribution in [0, 0.1) is 6.92 Å². The van der Waals surface area contributed by atoms with Crippen LogP contribution in [-0.4, -0.2) is 12.0 Å². The van der Waals surface area contributed by atoms with Gasteiger partial charge < -0.3 is 9.73 Å². The quantitative estimate of drug-likeness (QED) is 0.757. The highest BCUT2D eigenvalue weighted by Gasteiger charge is 2.17. The molecular weight excluding hydrogens is 340 g/mol. The van der Waals surface area contributed by atoms with Crippen LogP contribution in [0.4, 0.5) is 0 Å². The van der Waals surface area contributed by atoms with E-state index in [0.717, 1.165) is 14.9 Å². The summed E-state index contributed by atoms with van der Waals surface area (Å²) in [6.07, 6.45) is 0. The molecule has 0 aliphatic carbocycles. The summed E-state index contributed by atoms with van der Waals surface area (Å²) < 4.78 is 6.26. The lowest BCUT2D eigenvalue weighted by Gasteiger charge is -2.14. The predicted molar refractivity (Wildman–Crippen MR) is 84.5 cm³/mol. The van der Waals surface area contributed by atoms with Crippen LogP contribution < -0.4 is 11.1 Å². The molecule has 0 aliphatic heterocycles. The van der Waals surface area contributed by atoms with E-state index >= 15 is 0 Å². The molecule has 0 fully saturated rings. The van der Waals surface area contributed by atoms with Gasteiger partial charge in [-0.05, 0) is 59.2 Å². The van der Waals surface area contributed by atoms with E-state index in [-0.39, 0.29) is 6.04 Å². The minimum absolute atomic E-state index is 0.0783. The number of aryl methyl sites for hydroxylation is 1. The Morgan fingerprint density at radius 3 is 2.85 bits per heavy atom. The van der Waals surface area contributed by atoms with Gasteiger partial charge in [-0.2, -0.15) is 0 Å². The first-order valence-corrected chi connectivity index (χ1v) is 7.75. The molecule has 0 amide bonds. The molecule has 2 heterocycles. The van der Waals surface area contributed by atoms with Crippen LogP contribution in [-0.2, 0) is 0 Å². The number of fused-ring (bicyclic) bond motifs is 1. The fraction of sp³-hybridized carbons (Fsp3) is 0.214. The van der Waals surface area contributed by atoms with Gasteiger partial charge in [0.1, 0.15) is 0 Å². The average Bonchev–Trinajstić information content (AvgIpc) is 2.93. The number of nitrogens with one attached hydrogen (secondary N) is 2. The molecule has 2 N–H and O–H groups in total. The van der Waals surface area contributed by atoms with E-state index < -0.39 is 5.76 Å². The van der Waals surface area contributed by atoms with Crippen molar-refractivity contribution < 1.29 is 4.42 Å². The molecule has 0 spiro atoms. The number of hydrogen-bond donors (Lipinski definition) is 2. The summed E-state index contributed by atoms with van der Waals surface area (Å²) in [6.45, 7) is 2.07. The maximum absolute atomic E-state index is 11.2. The minimum atomic E-state index is -0.423. The highest BCUT2D eigenvalue weighted by Crippen LogP contribution is 2.34. The molecular formula is C14H13BrN2O2S. The van der Waals surface area contributed by atoms with Crippen molar-refractivity contribution in [2.75, 3.05) is 7.05 Å². The maximum Gasteiger partial charge on any atom is 0.417 e. The lowest BCUT2D eigenvalue weighted by Crippen LogP contribution is -2.16. The molecule has 6 heteroatoms. The van der Waals surface area contributed by atoms with Gasteiger partial charge >= 0.3 is 5.76 Å². The van der Waals surface area contributed by atoms with Gasteiger partial charge in [-0.1, -0.05) is 6.07 Å². The first-order valence-electron chi connectivity index (χ1n) is 6.14. The van der Waals surface area contributed by atoms with E-state index in [1.807, 2.05) is 25.2 Å². The van der Waals surface area contributed by atoms with E-state index in [1.54, 1.807) is 11.3 Å². The normalized spacial score (nSPS) is 12.9. The van der Waals surface area contributed by atoms with Crippen molar-refractivity contribution in [1.29, 1.82) is 0 Å². The minimum Gasteiger partial charge on any atom is -0.408 e. The molecule has 3 aromatic rings. The molecule has 0 saturated carbocycles. The molecule has 104 valence electrons. The third-order valence-electron chi connectivity index (χ3n) is 3.23. The third kappa shape index (κ3) is 2.34. The fourth-order valence-corrected chi connectivity index (χ4v) is 3.95. The van der Waals surface area contributed by atoms with Gasteiger partial charge in [0, 0.05) is 4.88 Å². The van der Waals surface area contributed by atoms with Crippen LogP contribution in [0.1, 0.15) is 22.0 Å². The Labute approximate surface area is 127 Å². The van der Waals surface area contributed by atoms with Crippen molar-refractivity contribution in [3.63, 3.8) is 0 Å². The highest BCUT2D eigenvalue weighted by molar-refractivity contribution is 9.11. The van der Waals surface area contributed by atoms with Crippen LogP contribution in [0.5, 0.6) is 0 Å². The third-order valence-corrected chi connectivity index (χ3v) is 5.43. The lowest BCUT2D eigenvalue weighted by molar-refractivity contribution is 0.554. The van der Waals surface area contributed by atoms with E-state index in [0.29, 0.717) is 5.58 Å². The zero-order valence-corrected chi connectivity index (χ0v) is 13.4. The first kappa shape index (κ1) is 13.6. The number of aromatic amines is 1. The summed E-state index contributed by atoms with van der Waals surface area (Å²) in [6, 6.07) is 8.01. The molecule has 0 radical (unpaired) electrons. The molecule has 1 aromatic carbocycles. The molecule has 1 atom stereocenters. The standard InChI is InChI=1S/C14H13BrN2O2S/c1-7-5-11(20-13(7)15)12(16-2)8-3-4-9-10(6-8)19-14(18)17-9/h3-6,12,16H,1-2H3,(H,17,18). The summed E-state index contributed by atoms with van der Waals surface area (Å²) >= 11 is 5.26. The number of hydrogen-bond acceptors (Lipinski definition) is 4. The van der Waals surface area contributed by atoms with Gasteiger partial charge in [-0.3, -0.25) is 4.98 Å². The van der Waals surface area contributed by atoms with E-state index in [1.165, 1.54) is 10.4 Å². The Morgan fingerprint density at radius 1 is 1.40 bits per heavy atom. The van der Waals surface area contributed by atoms with Gasteiger partial charge in [0.2, 0.25) is 0 Å². The highest BCUT2D eigenvalue weighted by atomic mass is 79.9. The van der Waals surface area contributed by atoms with Gasteiger partial charge in [0.15, 0.2) is 5.58 Å². The van der Waals surface area contributed by atoms with Crippen LogP contribution in [0.2, 0.25) is 0 Å². The number of benzene rings is 1. The summed E-state index contributed by atoms with van der Waals surface area (Å²) in [7, 11) is 1.92. The lowest BCUT2D eigenvalue weighted by atomic mass is 10.0. The maximum atomic E-state index is 11.2. The van der Waals surface area contributed by atoms with Crippen molar-refractivity contribution in [1.82, 2.24) is 10.3 Å². The summed E-state index contributed by atoms with van der Waals surface area (Å²) in [4.78, 5) is 15.1. The monoisotopic (exact) mass is 352 g/mol. The zero-order chi connectivity index (χ0) is 14.3. The Morgan fingerprint density at radius 2 is 2.20 bits per heavy atom. The molecule has 0 aliphatic rings. The van der Waals surface area contributed by atoms with Crippen LogP contribution in [0.25, 0.3) is 11.1 Å².